The van der Waals surface area contributed by atoms with E-state index in [4.69, 9.17) is 0 Å². The third kappa shape index (κ3) is 4.75. The molecule has 3 atom stereocenters. The topological polar surface area (TPSA) is 50.6 Å². The summed E-state index contributed by atoms with van der Waals surface area (Å²) in [5.74, 6) is -0.223. The van der Waals surface area contributed by atoms with Crippen LogP contribution in [0.15, 0.2) is 53.5 Å². The maximum atomic E-state index is 12.6. The molecular weight excluding hydrogens is 445 g/mol. The van der Waals surface area contributed by atoms with Gasteiger partial charge in [0.15, 0.2) is 0 Å². The van der Waals surface area contributed by atoms with Gasteiger partial charge in [0.2, 0.25) is 0 Å². The first-order valence-electron chi connectivity index (χ1n) is 11.4. The number of ether oxygens (including phenoxy) is 1. The summed E-state index contributed by atoms with van der Waals surface area (Å²) in [6.45, 7) is 7.78. The number of hydrogen-bond acceptors (Lipinski definition) is 5. The highest BCUT2D eigenvalue weighted by Crippen LogP contribution is 2.34. The van der Waals surface area contributed by atoms with Crippen molar-refractivity contribution in [3.8, 4) is 5.75 Å². The molecule has 182 valence electrons. The van der Waals surface area contributed by atoms with E-state index in [1.807, 2.05) is 12.1 Å². The molecule has 3 heterocycles. The highest BCUT2D eigenvalue weighted by molar-refractivity contribution is 5.88. The first-order chi connectivity index (χ1) is 16.1. The molecule has 0 spiro atoms. The van der Waals surface area contributed by atoms with Gasteiger partial charge >= 0.3 is 6.36 Å². The van der Waals surface area contributed by atoms with Crippen molar-refractivity contribution in [2.45, 2.75) is 51.7 Å². The quantitative estimate of drug-likeness (QED) is 0.528. The Morgan fingerprint density at radius 3 is 2.53 bits per heavy atom. The Kier molecular flexibility index (Phi) is 6.58. The van der Waals surface area contributed by atoms with Crippen LogP contribution in [0.1, 0.15) is 38.8 Å². The summed E-state index contributed by atoms with van der Waals surface area (Å²) in [5, 5.41) is 0. The fourth-order valence-corrected chi connectivity index (χ4v) is 4.86. The minimum absolute atomic E-state index is 0.00741. The van der Waals surface area contributed by atoms with Crippen molar-refractivity contribution in [1.82, 2.24) is 14.5 Å². The van der Waals surface area contributed by atoms with E-state index >= 15 is 0 Å². The predicted octanol–water partition coefficient (Wildman–Crippen LogP) is 4.88. The molecule has 34 heavy (non-hydrogen) atoms. The van der Waals surface area contributed by atoms with Crippen LogP contribution < -0.4 is 15.2 Å². The minimum Gasteiger partial charge on any atom is -0.406 e. The van der Waals surface area contributed by atoms with E-state index in [0.717, 1.165) is 41.8 Å². The first kappa shape index (κ1) is 24.1. The Labute approximate surface area is 196 Å². The average Bonchev–Trinajstić information content (AvgIpc) is 2.80. The molecular formula is C25H29F3N4O2. The van der Waals surface area contributed by atoms with E-state index in [1.54, 1.807) is 36.0 Å². The Morgan fingerprint density at radius 1 is 1.18 bits per heavy atom. The number of hydrogen-bond donors (Lipinski definition) is 0. The summed E-state index contributed by atoms with van der Waals surface area (Å²) in [6.07, 6.45) is -2.08. The number of anilines is 1. The molecule has 3 aromatic rings. The standard InChI is InChI=1S/C25H29F3N4O2/c1-5-19-15-31(22-13-23(33)30(4)21-7-6-12-29-24(21)22)16(2)14-32(19)17(3)18-8-10-20(11-9-18)34-25(26,27)28/h6-13,16-17,19H,5,14-15H2,1-4H3/t16-,17?,19+/m0/s1. The lowest BCUT2D eigenvalue weighted by Crippen LogP contribution is -2.58. The lowest BCUT2D eigenvalue weighted by Gasteiger charge is -2.48. The number of aryl methyl sites for hydroxylation is 1. The van der Waals surface area contributed by atoms with Crippen LogP contribution in [-0.2, 0) is 7.05 Å². The van der Waals surface area contributed by atoms with E-state index in [9.17, 15) is 18.0 Å². The van der Waals surface area contributed by atoms with Crippen LogP contribution in [-0.4, -0.2) is 46.0 Å². The van der Waals surface area contributed by atoms with Gasteiger partial charge < -0.3 is 14.2 Å². The van der Waals surface area contributed by atoms with Gasteiger partial charge in [-0.25, -0.2) is 0 Å². The van der Waals surface area contributed by atoms with Crippen LogP contribution in [0.4, 0.5) is 18.9 Å². The van der Waals surface area contributed by atoms with Gasteiger partial charge in [0.05, 0.1) is 11.2 Å². The zero-order valence-electron chi connectivity index (χ0n) is 19.7. The van der Waals surface area contributed by atoms with Crippen molar-refractivity contribution in [2.75, 3.05) is 18.0 Å². The van der Waals surface area contributed by atoms with Gasteiger partial charge in [-0.3, -0.25) is 14.7 Å². The normalized spacial score (nSPS) is 20.5. The molecule has 9 heteroatoms. The summed E-state index contributed by atoms with van der Waals surface area (Å²) in [7, 11) is 1.75. The molecule has 2 aromatic heterocycles. The summed E-state index contributed by atoms with van der Waals surface area (Å²) in [5.41, 5.74) is 3.28. The number of benzene rings is 1. The van der Waals surface area contributed by atoms with Gasteiger partial charge in [-0.15, -0.1) is 13.2 Å². The van der Waals surface area contributed by atoms with Crippen LogP contribution in [0.2, 0.25) is 0 Å². The largest absolute Gasteiger partial charge is 0.573 e. The van der Waals surface area contributed by atoms with Gasteiger partial charge in [0.25, 0.3) is 5.56 Å². The number of halogens is 3. The third-order valence-corrected chi connectivity index (χ3v) is 6.74. The second-order valence-corrected chi connectivity index (χ2v) is 8.85. The second kappa shape index (κ2) is 9.29. The van der Waals surface area contributed by atoms with E-state index in [0.29, 0.717) is 0 Å². The molecule has 1 aromatic carbocycles. The predicted molar refractivity (Wildman–Crippen MR) is 126 cm³/mol. The van der Waals surface area contributed by atoms with Gasteiger partial charge in [-0.1, -0.05) is 19.1 Å². The number of fused-ring (bicyclic) bond motifs is 1. The van der Waals surface area contributed by atoms with Crippen molar-refractivity contribution in [3.05, 3.63) is 64.6 Å². The number of rotatable bonds is 5. The molecule has 0 radical (unpaired) electrons. The third-order valence-electron chi connectivity index (χ3n) is 6.74. The zero-order valence-corrected chi connectivity index (χ0v) is 19.7. The number of pyridine rings is 2. The van der Waals surface area contributed by atoms with E-state index in [1.165, 1.54) is 12.1 Å². The van der Waals surface area contributed by atoms with Crippen molar-refractivity contribution >= 4 is 16.7 Å². The van der Waals surface area contributed by atoms with E-state index in [-0.39, 0.29) is 29.4 Å². The molecule has 1 aliphatic rings. The average molecular weight is 475 g/mol. The fraction of sp³-hybridized carbons (Fsp3) is 0.440. The molecule has 1 fully saturated rings. The molecule has 1 aliphatic heterocycles. The summed E-state index contributed by atoms with van der Waals surface area (Å²) >= 11 is 0. The maximum absolute atomic E-state index is 12.6. The van der Waals surface area contributed by atoms with Crippen LogP contribution in [0.25, 0.3) is 11.0 Å². The Balaban J connectivity index is 1.59. The molecule has 0 amide bonds. The Morgan fingerprint density at radius 2 is 1.88 bits per heavy atom. The summed E-state index contributed by atoms with van der Waals surface area (Å²) < 4.78 is 43.1. The van der Waals surface area contributed by atoms with Crippen LogP contribution >= 0.6 is 0 Å². The highest BCUT2D eigenvalue weighted by Gasteiger charge is 2.35. The molecule has 1 saturated heterocycles. The number of alkyl halides is 3. The van der Waals surface area contributed by atoms with Crippen LogP contribution in [0.5, 0.6) is 5.75 Å². The molecule has 0 bridgehead atoms. The van der Waals surface area contributed by atoms with Crippen molar-refractivity contribution in [3.63, 3.8) is 0 Å². The van der Waals surface area contributed by atoms with Gasteiger partial charge in [0.1, 0.15) is 11.3 Å². The van der Waals surface area contributed by atoms with Crippen LogP contribution in [0, 0.1) is 0 Å². The van der Waals surface area contributed by atoms with E-state index in [2.05, 4.69) is 40.3 Å². The first-order valence-corrected chi connectivity index (χ1v) is 11.4. The van der Waals surface area contributed by atoms with Gasteiger partial charge in [-0.2, -0.15) is 0 Å². The highest BCUT2D eigenvalue weighted by atomic mass is 19.4. The maximum Gasteiger partial charge on any atom is 0.573 e. The Bertz CT molecular complexity index is 1210. The minimum atomic E-state index is -4.70. The summed E-state index contributed by atoms with van der Waals surface area (Å²) in [4.78, 5) is 21.9. The molecule has 0 N–H and O–H groups in total. The fourth-order valence-electron chi connectivity index (χ4n) is 4.86. The monoisotopic (exact) mass is 474 g/mol. The van der Waals surface area contributed by atoms with Crippen LogP contribution in [0.3, 0.4) is 0 Å². The van der Waals surface area contributed by atoms with Crippen molar-refractivity contribution in [2.24, 2.45) is 7.05 Å². The molecule has 0 saturated carbocycles. The molecule has 6 nitrogen and oxygen atoms in total. The number of piperazine rings is 1. The van der Waals surface area contributed by atoms with Gasteiger partial charge in [0, 0.05) is 50.5 Å². The van der Waals surface area contributed by atoms with E-state index < -0.39 is 6.36 Å². The molecule has 1 unspecified atom stereocenters. The number of aromatic nitrogens is 2. The smallest absolute Gasteiger partial charge is 0.406 e. The van der Waals surface area contributed by atoms with Crippen molar-refractivity contribution < 1.29 is 17.9 Å². The molecule has 0 aliphatic carbocycles. The lowest BCUT2D eigenvalue weighted by molar-refractivity contribution is -0.274. The molecule has 4 rings (SSSR count). The zero-order chi connectivity index (χ0) is 24.6. The lowest BCUT2D eigenvalue weighted by atomic mass is 9.98. The SMILES string of the molecule is CC[C@@H]1CN(c2cc(=O)n(C)c3cccnc23)[C@@H](C)CN1C(C)c1ccc(OC(F)(F)F)cc1. The Hall–Kier alpha value is -3.07. The van der Waals surface area contributed by atoms with Gasteiger partial charge in [-0.05, 0) is 50.1 Å². The number of nitrogens with zero attached hydrogens (tertiary/aromatic N) is 4. The second-order valence-electron chi connectivity index (χ2n) is 8.85. The summed E-state index contributed by atoms with van der Waals surface area (Å²) in [6, 6.07) is 11.8. The van der Waals surface area contributed by atoms with Crippen molar-refractivity contribution in [1.29, 1.82) is 0 Å².